The van der Waals surface area contributed by atoms with E-state index in [0.29, 0.717) is 5.69 Å². The predicted octanol–water partition coefficient (Wildman–Crippen LogP) is 3.27. The van der Waals surface area contributed by atoms with E-state index in [-0.39, 0.29) is 5.91 Å². The highest BCUT2D eigenvalue weighted by molar-refractivity contribution is 5.93. The zero-order valence-corrected chi connectivity index (χ0v) is 13.9. The second-order valence-electron chi connectivity index (χ2n) is 6.69. The van der Waals surface area contributed by atoms with Crippen molar-refractivity contribution < 1.29 is 4.79 Å². The summed E-state index contributed by atoms with van der Waals surface area (Å²) in [7, 11) is 0. The summed E-state index contributed by atoms with van der Waals surface area (Å²) in [6.45, 7) is 3.61. The van der Waals surface area contributed by atoms with E-state index in [1.165, 1.54) is 17.5 Å². The molecule has 4 heteroatoms. The zero-order chi connectivity index (χ0) is 16.4. The molecule has 0 radical (unpaired) electrons. The van der Waals surface area contributed by atoms with Crippen molar-refractivity contribution in [1.29, 1.82) is 0 Å². The van der Waals surface area contributed by atoms with Gasteiger partial charge in [0, 0.05) is 38.1 Å². The number of aromatic nitrogens is 1. The lowest BCUT2D eigenvalue weighted by Gasteiger charge is -2.31. The van der Waals surface area contributed by atoms with Gasteiger partial charge in [0.2, 0.25) is 0 Å². The van der Waals surface area contributed by atoms with Crippen LogP contribution in [-0.4, -0.2) is 35.4 Å². The maximum absolute atomic E-state index is 12.7. The second kappa shape index (κ2) is 6.63. The zero-order valence-electron chi connectivity index (χ0n) is 13.9. The highest BCUT2D eigenvalue weighted by Gasteiger charge is 2.21. The molecule has 1 amide bonds. The van der Waals surface area contributed by atoms with E-state index in [4.69, 9.17) is 0 Å². The van der Waals surface area contributed by atoms with E-state index in [2.05, 4.69) is 34.1 Å². The van der Waals surface area contributed by atoms with Crippen LogP contribution in [0.3, 0.4) is 0 Å². The summed E-state index contributed by atoms with van der Waals surface area (Å²) in [5, 5.41) is 0. The van der Waals surface area contributed by atoms with Crippen LogP contribution in [0.5, 0.6) is 0 Å². The van der Waals surface area contributed by atoms with Gasteiger partial charge in [0.05, 0.1) is 0 Å². The molecule has 0 atom stereocenters. The largest absolute Gasteiger partial charge is 0.367 e. The number of benzene rings is 1. The molecule has 2 aliphatic rings. The van der Waals surface area contributed by atoms with Crippen LogP contribution in [0.15, 0.2) is 42.6 Å². The number of piperidine rings is 1. The molecule has 1 aromatic carbocycles. The number of likely N-dealkylation sites (tertiary alicyclic amines) is 1. The van der Waals surface area contributed by atoms with E-state index in [0.717, 1.165) is 51.1 Å². The minimum absolute atomic E-state index is 0.0777. The Morgan fingerprint density at radius 2 is 1.75 bits per heavy atom. The first kappa shape index (κ1) is 15.2. The lowest BCUT2D eigenvalue weighted by Crippen LogP contribution is -2.36. The molecule has 0 unspecified atom stereocenters. The number of pyridine rings is 1. The van der Waals surface area contributed by atoms with E-state index in [1.807, 2.05) is 17.0 Å². The topological polar surface area (TPSA) is 36.4 Å². The molecule has 0 aliphatic carbocycles. The van der Waals surface area contributed by atoms with Crippen LogP contribution in [-0.2, 0) is 13.0 Å². The quantitative estimate of drug-likeness (QED) is 0.852. The normalized spacial score (nSPS) is 17.5. The first-order valence-corrected chi connectivity index (χ1v) is 8.88. The van der Waals surface area contributed by atoms with Gasteiger partial charge >= 0.3 is 0 Å². The lowest BCUT2D eigenvalue weighted by molar-refractivity contribution is 0.0718. The summed E-state index contributed by atoms with van der Waals surface area (Å²) < 4.78 is 0. The Kier molecular flexibility index (Phi) is 4.20. The van der Waals surface area contributed by atoms with Crippen molar-refractivity contribution in [2.24, 2.45) is 0 Å². The number of carbonyl (C=O) groups is 1. The highest BCUT2D eigenvalue weighted by Crippen LogP contribution is 2.25. The van der Waals surface area contributed by atoms with Crippen molar-refractivity contribution in [3.63, 3.8) is 0 Å². The summed E-state index contributed by atoms with van der Waals surface area (Å²) in [5.41, 5.74) is 4.49. The third-order valence-corrected chi connectivity index (χ3v) is 5.10. The minimum atomic E-state index is 0.0777. The standard InChI is InChI=1S/C20H23N3O/c24-20(22-11-4-1-5-12-22)19-14-18(8-10-21-19)23-13-9-16-6-2-3-7-17(16)15-23/h2-3,6-8,10,14H,1,4-5,9,11-13,15H2. The van der Waals surface area contributed by atoms with E-state index >= 15 is 0 Å². The molecule has 24 heavy (non-hydrogen) atoms. The fraction of sp³-hybridized carbons (Fsp3) is 0.400. The smallest absolute Gasteiger partial charge is 0.272 e. The number of hydrogen-bond acceptors (Lipinski definition) is 3. The number of anilines is 1. The molecule has 0 N–H and O–H groups in total. The van der Waals surface area contributed by atoms with Crippen LogP contribution < -0.4 is 4.90 Å². The Balaban J connectivity index is 1.54. The van der Waals surface area contributed by atoms with Crippen LogP contribution in [0, 0.1) is 0 Å². The van der Waals surface area contributed by atoms with Crippen LogP contribution in [0.25, 0.3) is 0 Å². The van der Waals surface area contributed by atoms with Gasteiger partial charge in [-0.1, -0.05) is 24.3 Å². The van der Waals surface area contributed by atoms with Gasteiger partial charge in [-0.15, -0.1) is 0 Å². The summed E-state index contributed by atoms with van der Waals surface area (Å²) in [5.74, 6) is 0.0777. The van der Waals surface area contributed by atoms with Gasteiger partial charge in [-0.2, -0.15) is 0 Å². The van der Waals surface area contributed by atoms with Gasteiger partial charge in [-0.25, -0.2) is 0 Å². The molecule has 0 saturated carbocycles. The second-order valence-corrected chi connectivity index (χ2v) is 6.69. The molecular weight excluding hydrogens is 298 g/mol. The molecule has 0 spiro atoms. The first-order valence-electron chi connectivity index (χ1n) is 8.88. The Labute approximate surface area is 143 Å². The van der Waals surface area contributed by atoms with Crippen LogP contribution >= 0.6 is 0 Å². The Morgan fingerprint density at radius 3 is 2.58 bits per heavy atom. The van der Waals surface area contributed by atoms with Gasteiger partial charge in [-0.05, 0) is 48.9 Å². The van der Waals surface area contributed by atoms with Gasteiger partial charge in [0.1, 0.15) is 5.69 Å². The Bertz CT molecular complexity index is 737. The Hall–Kier alpha value is -2.36. The van der Waals surface area contributed by atoms with Gasteiger partial charge in [0.15, 0.2) is 0 Å². The molecule has 3 heterocycles. The Morgan fingerprint density at radius 1 is 0.958 bits per heavy atom. The molecule has 0 bridgehead atoms. The molecule has 2 aliphatic heterocycles. The summed E-state index contributed by atoms with van der Waals surface area (Å²) in [6.07, 6.45) is 6.26. The third kappa shape index (κ3) is 3.01. The fourth-order valence-corrected chi connectivity index (χ4v) is 3.71. The van der Waals surface area contributed by atoms with Crippen LogP contribution in [0.1, 0.15) is 40.9 Å². The molecule has 4 nitrogen and oxygen atoms in total. The first-order chi connectivity index (χ1) is 11.8. The SMILES string of the molecule is O=C(c1cc(N2CCc3ccccc3C2)ccn1)N1CCCCC1. The molecule has 124 valence electrons. The molecule has 2 aromatic rings. The van der Waals surface area contributed by atoms with E-state index < -0.39 is 0 Å². The molecule has 4 rings (SSSR count). The number of carbonyl (C=O) groups excluding carboxylic acids is 1. The number of rotatable bonds is 2. The van der Waals surface area contributed by atoms with Crippen molar-refractivity contribution in [3.05, 3.63) is 59.4 Å². The summed E-state index contributed by atoms with van der Waals surface area (Å²) >= 11 is 0. The molecule has 1 saturated heterocycles. The monoisotopic (exact) mass is 321 g/mol. The maximum Gasteiger partial charge on any atom is 0.272 e. The minimum Gasteiger partial charge on any atom is -0.367 e. The lowest BCUT2D eigenvalue weighted by atomic mass is 9.99. The predicted molar refractivity (Wildman–Crippen MR) is 95.2 cm³/mol. The molecule has 1 aromatic heterocycles. The van der Waals surface area contributed by atoms with Crippen molar-refractivity contribution >= 4 is 11.6 Å². The van der Waals surface area contributed by atoms with Gasteiger partial charge in [-0.3, -0.25) is 9.78 Å². The van der Waals surface area contributed by atoms with E-state index in [1.54, 1.807) is 6.20 Å². The number of fused-ring (bicyclic) bond motifs is 1. The van der Waals surface area contributed by atoms with Crippen molar-refractivity contribution in [3.8, 4) is 0 Å². The molecular formula is C20H23N3O. The summed E-state index contributed by atoms with van der Waals surface area (Å²) in [4.78, 5) is 21.3. The number of nitrogens with zero attached hydrogens (tertiary/aromatic N) is 3. The maximum atomic E-state index is 12.7. The average Bonchev–Trinajstić information content (AvgIpc) is 2.68. The van der Waals surface area contributed by atoms with Crippen molar-refractivity contribution in [2.75, 3.05) is 24.5 Å². The van der Waals surface area contributed by atoms with E-state index in [9.17, 15) is 4.79 Å². The molecule has 1 fully saturated rings. The third-order valence-electron chi connectivity index (χ3n) is 5.10. The fourth-order valence-electron chi connectivity index (χ4n) is 3.71. The summed E-state index contributed by atoms with van der Waals surface area (Å²) in [6, 6.07) is 12.6. The van der Waals surface area contributed by atoms with Crippen LogP contribution in [0.4, 0.5) is 5.69 Å². The number of hydrogen-bond donors (Lipinski definition) is 0. The van der Waals surface area contributed by atoms with Crippen molar-refractivity contribution in [1.82, 2.24) is 9.88 Å². The highest BCUT2D eigenvalue weighted by atomic mass is 16.2. The van der Waals surface area contributed by atoms with Crippen LogP contribution in [0.2, 0.25) is 0 Å². The van der Waals surface area contributed by atoms with Gasteiger partial charge < -0.3 is 9.80 Å². The van der Waals surface area contributed by atoms with Crippen molar-refractivity contribution in [2.45, 2.75) is 32.2 Å². The average molecular weight is 321 g/mol. The number of amides is 1. The van der Waals surface area contributed by atoms with Gasteiger partial charge in [0.25, 0.3) is 5.91 Å².